The predicted octanol–water partition coefficient (Wildman–Crippen LogP) is -0.391. The molecule has 21 heavy (non-hydrogen) atoms. The van der Waals surface area contributed by atoms with Crippen molar-refractivity contribution in [2.75, 3.05) is 59.9 Å². The molecule has 0 spiro atoms. The van der Waals surface area contributed by atoms with Gasteiger partial charge in [-0.2, -0.15) is 0 Å². The third kappa shape index (κ3) is 4.97. The molecule has 2 fully saturated rings. The lowest BCUT2D eigenvalue weighted by Gasteiger charge is -2.35. The second-order valence-corrected chi connectivity index (χ2v) is 6.34. The van der Waals surface area contributed by atoms with Crippen LogP contribution >= 0.6 is 0 Å². The molecule has 1 unspecified atom stereocenters. The summed E-state index contributed by atoms with van der Waals surface area (Å²) in [5.74, 6) is 1.08. The van der Waals surface area contributed by atoms with Gasteiger partial charge in [-0.3, -0.25) is 14.5 Å². The molecule has 1 atom stereocenters. The van der Waals surface area contributed by atoms with E-state index in [1.807, 2.05) is 4.90 Å². The molecular formula is C15H28N4O2. The average Bonchev–Trinajstić information content (AvgIpc) is 2.98. The van der Waals surface area contributed by atoms with Crippen LogP contribution in [0.4, 0.5) is 0 Å². The van der Waals surface area contributed by atoms with Crippen molar-refractivity contribution in [3.05, 3.63) is 0 Å². The zero-order chi connectivity index (χ0) is 15.2. The van der Waals surface area contributed by atoms with Gasteiger partial charge in [0.1, 0.15) is 0 Å². The van der Waals surface area contributed by atoms with E-state index in [4.69, 9.17) is 0 Å². The molecule has 0 aromatic rings. The van der Waals surface area contributed by atoms with Gasteiger partial charge in [-0.1, -0.05) is 0 Å². The average molecular weight is 296 g/mol. The molecule has 6 nitrogen and oxygen atoms in total. The van der Waals surface area contributed by atoms with Crippen LogP contribution in [-0.4, -0.2) is 86.4 Å². The van der Waals surface area contributed by atoms with E-state index in [1.54, 1.807) is 19.0 Å². The first-order valence-electron chi connectivity index (χ1n) is 7.97. The molecule has 2 heterocycles. The van der Waals surface area contributed by atoms with Crippen LogP contribution in [0.15, 0.2) is 0 Å². The Morgan fingerprint density at radius 2 is 1.90 bits per heavy atom. The van der Waals surface area contributed by atoms with E-state index in [0.717, 1.165) is 45.7 Å². The number of nitrogens with zero attached hydrogens (tertiary/aromatic N) is 3. The van der Waals surface area contributed by atoms with Crippen LogP contribution in [0.1, 0.15) is 19.3 Å². The lowest BCUT2D eigenvalue weighted by molar-refractivity contribution is -0.134. The lowest BCUT2D eigenvalue weighted by atomic mass is 10.0. The lowest BCUT2D eigenvalue weighted by Crippen LogP contribution is -2.51. The zero-order valence-electron chi connectivity index (χ0n) is 13.3. The molecule has 0 saturated carbocycles. The number of amides is 2. The van der Waals surface area contributed by atoms with Gasteiger partial charge in [0.25, 0.3) is 0 Å². The number of carbonyl (C=O) groups excluding carboxylic acids is 2. The highest BCUT2D eigenvalue weighted by atomic mass is 16.2. The molecule has 0 aliphatic carbocycles. The van der Waals surface area contributed by atoms with Crippen molar-refractivity contribution in [2.45, 2.75) is 19.3 Å². The Morgan fingerprint density at radius 1 is 1.19 bits per heavy atom. The van der Waals surface area contributed by atoms with Crippen molar-refractivity contribution < 1.29 is 9.59 Å². The van der Waals surface area contributed by atoms with Gasteiger partial charge in [-0.15, -0.1) is 0 Å². The molecule has 0 radical (unpaired) electrons. The third-order valence-electron chi connectivity index (χ3n) is 4.51. The van der Waals surface area contributed by atoms with Crippen LogP contribution in [0.3, 0.4) is 0 Å². The van der Waals surface area contributed by atoms with Crippen molar-refractivity contribution >= 4 is 11.8 Å². The van der Waals surface area contributed by atoms with Gasteiger partial charge < -0.3 is 15.1 Å². The van der Waals surface area contributed by atoms with Crippen LogP contribution in [0.5, 0.6) is 0 Å². The Hall–Kier alpha value is -1.14. The Kier molecular flexibility index (Phi) is 5.99. The molecular weight excluding hydrogens is 268 g/mol. The smallest absolute Gasteiger partial charge is 0.236 e. The third-order valence-corrected chi connectivity index (χ3v) is 4.51. The van der Waals surface area contributed by atoms with Gasteiger partial charge in [-0.25, -0.2) is 0 Å². The van der Waals surface area contributed by atoms with Crippen LogP contribution in [0, 0.1) is 5.92 Å². The first-order valence-corrected chi connectivity index (χ1v) is 7.97. The zero-order valence-corrected chi connectivity index (χ0v) is 13.3. The largest absolute Gasteiger partial charge is 0.348 e. The number of piperazine rings is 1. The monoisotopic (exact) mass is 296 g/mol. The molecule has 1 N–H and O–H groups in total. The second-order valence-electron chi connectivity index (χ2n) is 6.34. The summed E-state index contributed by atoms with van der Waals surface area (Å²) in [6.45, 7) is 5.73. The summed E-state index contributed by atoms with van der Waals surface area (Å²) in [6.07, 6.45) is 2.88. The molecule has 0 bridgehead atoms. The molecule has 2 aliphatic heterocycles. The summed E-state index contributed by atoms with van der Waals surface area (Å²) < 4.78 is 0. The van der Waals surface area contributed by atoms with E-state index in [9.17, 15) is 9.59 Å². The van der Waals surface area contributed by atoms with Crippen LogP contribution < -0.4 is 5.32 Å². The summed E-state index contributed by atoms with van der Waals surface area (Å²) in [5.41, 5.74) is 0. The Morgan fingerprint density at radius 3 is 2.48 bits per heavy atom. The van der Waals surface area contributed by atoms with Crippen LogP contribution in [0.25, 0.3) is 0 Å². The minimum absolute atomic E-state index is 0.128. The molecule has 0 aromatic heterocycles. The van der Waals surface area contributed by atoms with Crippen molar-refractivity contribution in [1.29, 1.82) is 0 Å². The minimum atomic E-state index is 0.128. The van der Waals surface area contributed by atoms with E-state index in [2.05, 4.69) is 10.2 Å². The maximum Gasteiger partial charge on any atom is 0.236 e. The number of likely N-dealkylation sites (N-methyl/N-ethyl adjacent to an activating group) is 1. The summed E-state index contributed by atoms with van der Waals surface area (Å²) in [4.78, 5) is 29.6. The highest BCUT2D eigenvalue weighted by Crippen LogP contribution is 2.15. The van der Waals surface area contributed by atoms with Gasteiger partial charge in [0, 0.05) is 46.7 Å². The summed E-state index contributed by atoms with van der Waals surface area (Å²) >= 11 is 0. The highest BCUT2D eigenvalue weighted by Gasteiger charge is 2.23. The number of nitrogens with one attached hydrogen (secondary N) is 1. The summed E-state index contributed by atoms with van der Waals surface area (Å²) in [5, 5.41) is 3.34. The van der Waals surface area contributed by atoms with Crippen LogP contribution in [-0.2, 0) is 9.59 Å². The molecule has 120 valence electrons. The SMILES string of the molecule is CN(C)C(=O)CN1CCN(C(=O)CCC2CCNC2)CC1. The van der Waals surface area contributed by atoms with E-state index in [0.29, 0.717) is 18.9 Å². The fraction of sp³-hybridized carbons (Fsp3) is 0.867. The molecule has 0 aromatic carbocycles. The van der Waals surface area contributed by atoms with Gasteiger partial charge in [0.2, 0.25) is 11.8 Å². The van der Waals surface area contributed by atoms with Crippen LogP contribution in [0.2, 0.25) is 0 Å². The standard InChI is InChI=1S/C15H28N4O2/c1-17(2)15(21)12-18-7-9-19(10-8-18)14(20)4-3-13-5-6-16-11-13/h13,16H,3-12H2,1-2H3. The van der Waals surface area contributed by atoms with Crippen molar-refractivity contribution in [3.63, 3.8) is 0 Å². The predicted molar refractivity (Wildman–Crippen MR) is 81.9 cm³/mol. The van der Waals surface area contributed by atoms with E-state index in [1.165, 1.54) is 6.42 Å². The topological polar surface area (TPSA) is 55.9 Å². The number of rotatable bonds is 5. The Labute approximate surface area is 127 Å². The summed E-state index contributed by atoms with van der Waals surface area (Å²) in [7, 11) is 3.56. The van der Waals surface area contributed by atoms with E-state index >= 15 is 0 Å². The Balaban J connectivity index is 1.65. The normalized spacial score (nSPS) is 23.3. The first kappa shape index (κ1) is 16.2. The quantitative estimate of drug-likeness (QED) is 0.751. The summed E-state index contributed by atoms with van der Waals surface area (Å²) in [6, 6.07) is 0. The van der Waals surface area contributed by atoms with Crippen molar-refractivity contribution in [2.24, 2.45) is 5.92 Å². The molecule has 2 amide bonds. The Bertz CT molecular complexity index is 359. The highest BCUT2D eigenvalue weighted by molar-refractivity contribution is 5.78. The number of carbonyl (C=O) groups is 2. The van der Waals surface area contributed by atoms with Crippen molar-refractivity contribution in [3.8, 4) is 0 Å². The maximum atomic E-state index is 12.2. The minimum Gasteiger partial charge on any atom is -0.348 e. The van der Waals surface area contributed by atoms with Gasteiger partial charge in [-0.05, 0) is 31.8 Å². The fourth-order valence-electron chi connectivity index (χ4n) is 2.93. The number of hydrogen-bond donors (Lipinski definition) is 1. The second kappa shape index (κ2) is 7.75. The van der Waals surface area contributed by atoms with Gasteiger partial charge >= 0.3 is 0 Å². The van der Waals surface area contributed by atoms with E-state index in [-0.39, 0.29) is 11.8 Å². The number of hydrogen-bond acceptors (Lipinski definition) is 4. The molecule has 6 heteroatoms. The van der Waals surface area contributed by atoms with Crippen molar-refractivity contribution in [1.82, 2.24) is 20.0 Å². The molecule has 2 rings (SSSR count). The van der Waals surface area contributed by atoms with Gasteiger partial charge in [0.15, 0.2) is 0 Å². The van der Waals surface area contributed by atoms with Gasteiger partial charge in [0.05, 0.1) is 6.54 Å². The first-order chi connectivity index (χ1) is 10.1. The molecule has 2 saturated heterocycles. The van der Waals surface area contributed by atoms with E-state index < -0.39 is 0 Å². The molecule has 2 aliphatic rings. The fourth-order valence-corrected chi connectivity index (χ4v) is 2.93. The maximum absolute atomic E-state index is 12.2.